The Morgan fingerprint density at radius 3 is 1.77 bits per heavy atom. The van der Waals surface area contributed by atoms with Crippen molar-refractivity contribution in [2.75, 3.05) is 11.9 Å². The average Bonchev–Trinajstić information content (AvgIpc) is 2.84. The Morgan fingerprint density at radius 2 is 1.10 bits per heavy atom. The van der Waals surface area contributed by atoms with E-state index in [1.165, 1.54) is 11.1 Å². The van der Waals surface area contributed by atoms with Gasteiger partial charge in [-0.2, -0.15) is 0 Å². The van der Waals surface area contributed by atoms with Crippen molar-refractivity contribution in [3.05, 3.63) is 126 Å². The van der Waals surface area contributed by atoms with Crippen LogP contribution < -0.4 is 14.8 Å². The molecule has 3 nitrogen and oxygen atoms in total. The summed E-state index contributed by atoms with van der Waals surface area (Å²) in [5, 5.41) is 3.45. The molecule has 0 aromatic heterocycles. The van der Waals surface area contributed by atoms with Crippen LogP contribution in [0.4, 0.5) is 5.69 Å². The fourth-order valence-electron chi connectivity index (χ4n) is 3.25. The highest BCUT2D eigenvalue weighted by molar-refractivity contribution is 5.47. The number of rotatable bonds is 10. The fourth-order valence-corrected chi connectivity index (χ4v) is 3.25. The number of nitrogens with one attached hydrogen (secondary N) is 1. The van der Waals surface area contributed by atoms with Gasteiger partial charge < -0.3 is 14.8 Å². The predicted octanol–water partition coefficient (Wildman–Crippen LogP) is 6.50. The Kier molecular flexibility index (Phi) is 7.22. The maximum Gasteiger partial charge on any atom is 0.119 e. The third-order valence-corrected chi connectivity index (χ3v) is 5.02. The van der Waals surface area contributed by atoms with E-state index in [4.69, 9.17) is 9.47 Å². The second-order valence-corrected chi connectivity index (χ2v) is 7.38. The highest BCUT2D eigenvalue weighted by atomic mass is 16.5. The highest BCUT2D eigenvalue weighted by Crippen LogP contribution is 2.19. The molecular weight excluding hydrogens is 382 g/mol. The minimum atomic E-state index is 0.577. The van der Waals surface area contributed by atoms with Gasteiger partial charge in [-0.05, 0) is 53.1 Å². The SMILES string of the molecule is c1ccc(CCOc2ccc(CNc3ccc(OCc4ccccc4)cc3)cc2)cc1. The van der Waals surface area contributed by atoms with E-state index in [1.54, 1.807) is 0 Å². The maximum atomic E-state index is 5.86. The second-order valence-electron chi connectivity index (χ2n) is 7.38. The Labute approximate surface area is 184 Å². The van der Waals surface area contributed by atoms with Crippen molar-refractivity contribution >= 4 is 5.69 Å². The molecule has 4 aromatic rings. The Hall–Kier alpha value is -3.72. The molecule has 4 rings (SSSR count). The van der Waals surface area contributed by atoms with E-state index in [0.717, 1.165) is 35.7 Å². The van der Waals surface area contributed by atoms with E-state index >= 15 is 0 Å². The number of ether oxygens (including phenoxy) is 2. The van der Waals surface area contributed by atoms with Crippen LogP contribution in [-0.2, 0) is 19.6 Å². The lowest BCUT2D eigenvalue weighted by Gasteiger charge is -2.10. The summed E-state index contributed by atoms with van der Waals surface area (Å²) < 4.78 is 11.7. The fraction of sp³-hybridized carbons (Fsp3) is 0.143. The minimum Gasteiger partial charge on any atom is -0.493 e. The lowest BCUT2D eigenvalue weighted by Crippen LogP contribution is -2.02. The Bertz CT molecular complexity index is 1030. The van der Waals surface area contributed by atoms with Gasteiger partial charge in [0.1, 0.15) is 18.1 Å². The van der Waals surface area contributed by atoms with Crippen molar-refractivity contribution in [1.82, 2.24) is 0 Å². The lowest BCUT2D eigenvalue weighted by atomic mass is 10.2. The monoisotopic (exact) mass is 409 g/mol. The van der Waals surface area contributed by atoms with E-state index < -0.39 is 0 Å². The quantitative estimate of drug-likeness (QED) is 0.324. The molecule has 0 aliphatic rings. The van der Waals surface area contributed by atoms with Crippen molar-refractivity contribution < 1.29 is 9.47 Å². The summed E-state index contributed by atoms with van der Waals surface area (Å²) in [6.07, 6.45) is 0.912. The lowest BCUT2D eigenvalue weighted by molar-refractivity contribution is 0.306. The first-order chi connectivity index (χ1) is 15.3. The molecule has 3 heteroatoms. The summed E-state index contributed by atoms with van der Waals surface area (Å²) in [5.41, 5.74) is 4.73. The molecule has 0 heterocycles. The molecule has 0 spiro atoms. The first-order valence-electron chi connectivity index (χ1n) is 10.6. The largest absolute Gasteiger partial charge is 0.493 e. The Morgan fingerprint density at radius 1 is 0.516 bits per heavy atom. The summed E-state index contributed by atoms with van der Waals surface area (Å²) in [5.74, 6) is 1.77. The molecule has 156 valence electrons. The Balaban J connectivity index is 1.20. The van der Waals surface area contributed by atoms with Crippen LogP contribution in [0, 0.1) is 0 Å². The number of hydrogen-bond acceptors (Lipinski definition) is 3. The van der Waals surface area contributed by atoms with E-state index in [9.17, 15) is 0 Å². The molecule has 0 unspecified atom stereocenters. The van der Waals surface area contributed by atoms with Gasteiger partial charge in [0.25, 0.3) is 0 Å². The molecule has 0 atom stereocenters. The van der Waals surface area contributed by atoms with Gasteiger partial charge in [-0.1, -0.05) is 72.8 Å². The molecule has 0 amide bonds. The van der Waals surface area contributed by atoms with Gasteiger partial charge in [-0.3, -0.25) is 0 Å². The van der Waals surface area contributed by atoms with Crippen molar-refractivity contribution in [2.24, 2.45) is 0 Å². The molecule has 0 saturated carbocycles. The molecule has 0 aliphatic heterocycles. The third kappa shape index (κ3) is 6.65. The highest BCUT2D eigenvalue weighted by Gasteiger charge is 2.00. The van der Waals surface area contributed by atoms with Gasteiger partial charge in [0.15, 0.2) is 0 Å². The number of benzene rings is 4. The van der Waals surface area contributed by atoms with Crippen molar-refractivity contribution in [3.63, 3.8) is 0 Å². The first kappa shape index (κ1) is 20.5. The summed E-state index contributed by atoms with van der Waals surface area (Å²) >= 11 is 0. The molecular formula is C28H27NO2. The molecule has 0 aliphatic carbocycles. The van der Waals surface area contributed by atoms with Crippen molar-refractivity contribution in [3.8, 4) is 11.5 Å². The predicted molar refractivity (Wildman–Crippen MR) is 127 cm³/mol. The topological polar surface area (TPSA) is 30.5 Å². The summed E-state index contributed by atoms with van der Waals surface area (Å²) in [4.78, 5) is 0. The van der Waals surface area contributed by atoms with Gasteiger partial charge in [0.2, 0.25) is 0 Å². The molecule has 1 N–H and O–H groups in total. The molecule has 4 aromatic carbocycles. The van der Waals surface area contributed by atoms with Gasteiger partial charge in [-0.15, -0.1) is 0 Å². The second kappa shape index (κ2) is 10.9. The number of anilines is 1. The van der Waals surface area contributed by atoms with Crippen LogP contribution in [0.25, 0.3) is 0 Å². The molecule has 0 bridgehead atoms. The summed E-state index contributed by atoms with van der Waals surface area (Å²) in [7, 11) is 0. The van der Waals surface area contributed by atoms with E-state index in [-0.39, 0.29) is 0 Å². The van der Waals surface area contributed by atoms with Crippen LogP contribution >= 0.6 is 0 Å². The minimum absolute atomic E-state index is 0.577. The zero-order valence-electron chi connectivity index (χ0n) is 17.5. The zero-order chi connectivity index (χ0) is 21.1. The normalized spacial score (nSPS) is 10.5. The van der Waals surface area contributed by atoms with Crippen LogP contribution in [0.3, 0.4) is 0 Å². The third-order valence-electron chi connectivity index (χ3n) is 5.02. The van der Waals surface area contributed by atoms with Gasteiger partial charge in [-0.25, -0.2) is 0 Å². The van der Waals surface area contributed by atoms with E-state index in [2.05, 4.69) is 53.8 Å². The summed E-state index contributed by atoms with van der Waals surface area (Å²) in [6.45, 7) is 2.02. The first-order valence-corrected chi connectivity index (χ1v) is 10.6. The van der Waals surface area contributed by atoms with Crippen LogP contribution in [0.1, 0.15) is 16.7 Å². The standard InChI is InChI=1S/C28H27NO2/c1-3-7-23(8-4-1)19-20-30-27-15-11-24(12-16-27)21-29-26-13-17-28(18-14-26)31-22-25-9-5-2-6-10-25/h1-18,29H,19-22H2. The van der Waals surface area contributed by atoms with Crippen LogP contribution in [0.15, 0.2) is 109 Å². The zero-order valence-corrected chi connectivity index (χ0v) is 17.5. The van der Waals surface area contributed by atoms with Crippen LogP contribution in [-0.4, -0.2) is 6.61 Å². The molecule has 31 heavy (non-hydrogen) atoms. The van der Waals surface area contributed by atoms with Gasteiger partial charge in [0.05, 0.1) is 6.61 Å². The molecule has 0 saturated heterocycles. The van der Waals surface area contributed by atoms with E-state index in [0.29, 0.717) is 13.2 Å². The number of hydrogen-bond donors (Lipinski definition) is 1. The van der Waals surface area contributed by atoms with E-state index in [1.807, 2.05) is 60.7 Å². The van der Waals surface area contributed by atoms with Crippen molar-refractivity contribution in [2.45, 2.75) is 19.6 Å². The van der Waals surface area contributed by atoms with Crippen LogP contribution in [0.5, 0.6) is 11.5 Å². The van der Waals surface area contributed by atoms with Gasteiger partial charge in [0, 0.05) is 18.7 Å². The average molecular weight is 410 g/mol. The van der Waals surface area contributed by atoms with Gasteiger partial charge >= 0.3 is 0 Å². The summed E-state index contributed by atoms with van der Waals surface area (Å²) in [6, 6.07) is 36.9. The van der Waals surface area contributed by atoms with Crippen LogP contribution in [0.2, 0.25) is 0 Å². The molecule has 0 radical (unpaired) electrons. The van der Waals surface area contributed by atoms with Crippen molar-refractivity contribution in [1.29, 1.82) is 0 Å². The molecule has 0 fully saturated rings. The smallest absolute Gasteiger partial charge is 0.119 e. The maximum absolute atomic E-state index is 5.86.